The molecule has 0 amide bonds. The minimum absolute atomic E-state index is 0. The van der Waals surface area contributed by atoms with E-state index in [1.54, 1.807) is 0 Å². The third kappa shape index (κ3) is 2.10. The maximum Gasteiger partial charge on any atom is 0.193 e. The van der Waals surface area contributed by atoms with Crippen molar-refractivity contribution in [1.82, 2.24) is 4.98 Å². The normalized spacial score (nSPS) is 10.5. The lowest BCUT2D eigenvalue weighted by molar-refractivity contribution is -0.685. The number of allylic oxidation sites excluding steroid dienone is 1. The quantitative estimate of drug-likeness (QED) is 0.504. The second kappa shape index (κ2) is 5.24. The number of rotatable bonds is 2. The molecule has 3 aromatic rings. The van der Waals surface area contributed by atoms with E-state index in [0.29, 0.717) is 0 Å². The summed E-state index contributed by atoms with van der Waals surface area (Å²) in [5.74, 6) is 0. The molecule has 0 fully saturated rings. The van der Waals surface area contributed by atoms with E-state index in [1.165, 1.54) is 10.8 Å². The van der Waals surface area contributed by atoms with Crippen molar-refractivity contribution in [3.8, 4) is 0 Å². The Hall–Kier alpha value is -1.13. The fourth-order valence-corrected chi connectivity index (χ4v) is 2.61. The molecule has 2 heterocycles. The van der Waals surface area contributed by atoms with E-state index >= 15 is 0 Å². The highest BCUT2D eigenvalue weighted by atomic mass is 79.9. The van der Waals surface area contributed by atoms with Crippen molar-refractivity contribution in [1.29, 1.82) is 0 Å². The molecule has 0 aliphatic carbocycles. The predicted octanol–water partition coefficient (Wildman–Crippen LogP) is 0.561. The van der Waals surface area contributed by atoms with Crippen LogP contribution in [0.15, 0.2) is 53.8 Å². The fraction of sp³-hybridized carbons (Fsp3) is 0.0714. The van der Waals surface area contributed by atoms with Gasteiger partial charge in [-0.15, -0.1) is 0 Å². The van der Waals surface area contributed by atoms with Crippen LogP contribution in [0.5, 0.6) is 0 Å². The van der Waals surface area contributed by atoms with Gasteiger partial charge >= 0.3 is 0 Å². The van der Waals surface area contributed by atoms with Gasteiger partial charge in [-0.1, -0.05) is 18.7 Å². The second-order valence-electron chi connectivity index (χ2n) is 4.05. The van der Waals surface area contributed by atoms with Gasteiger partial charge in [0.25, 0.3) is 0 Å². The van der Waals surface area contributed by atoms with Gasteiger partial charge in [0.1, 0.15) is 5.52 Å². The lowest BCUT2D eigenvalue weighted by Crippen LogP contribution is -3.00. The maximum atomic E-state index is 3.75. The molecule has 0 bridgehead atoms. The first kappa shape index (κ1) is 13.3. The van der Waals surface area contributed by atoms with Crippen molar-refractivity contribution in [3.05, 3.63) is 53.8 Å². The summed E-state index contributed by atoms with van der Waals surface area (Å²) in [7, 11) is 0. The number of hydrogen-bond acceptors (Lipinski definition) is 0. The largest absolute Gasteiger partial charge is 1.00 e. The van der Waals surface area contributed by atoms with Gasteiger partial charge in [-0.25, -0.2) is 0 Å². The number of nitrogens with one attached hydrogen (secondary N) is 1. The molecule has 0 radical (unpaired) electrons. The van der Waals surface area contributed by atoms with Crippen molar-refractivity contribution in [2.75, 3.05) is 0 Å². The second-order valence-corrected chi connectivity index (χ2v) is 4.90. The summed E-state index contributed by atoms with van der Waals surface area (Å²) >= 11 is 3.57. The van der Waals surface area contributed by atoms with Crippen LogP contribution in [-0.4, -0.2) is 4.98 Å². The molecule has 0 saturated carbocycles. The zero-order valence-corrected chi connectivity index (χ0v) is 12.8. The lowest BCUT2D eigenvalue weighted by Gasteiger charge is -1.92. The van der Waals surface area contributed by atoms with E-state index in [1.807, 2.05) is 6.08 Å². The van der Waals surface area contributed by atoms with Crippen molar-refractivity contribution in [2.45, 2.75) is 6.54 Å². The van der Waals surface area contributed by atoms with Gasteiger partial charge in [0, 0.05) is 21.3 Å². The van der Waals surface area contributed by atoms with Crippen molar-refractivity contribution in [2.24, 2.45) is 0 Å². The Bertz CT molecular complexity index is 716. The first-order chi connectivity index (χ1) is 8.29. The van der Waals surface area contributed by atoms with Gasteiger partial charge < -0.3 is 22.0 Å². The van der Waals surface area contributed by atoms with Crippen molar-refractivity contribution >= 4 is 37.7 Å². The number of aromatic amines is 1. The lowest BCUT2D eigenvalue weighted by atomic mass is 10.2. The molecule has 0 aliphatic rings. The van der Waals surface area contributed by atoms with E-state index in [0.717, 1.165) is 22.1 Å². The number of halogens is 2. The molecule has 0 aliphatic heterocycles. The highest BCUT2D eigenvalue weighted by Gasteiger charge is 2.09. The number of nitrogens with zero attached hydrogens (tertiary/aromatic N) is 1. The predicted molar refractivity (Wildman–Crippen MR) is 73.9 cm³/mol. The van der Waals surface area contributed by atoms with E-state index in [4.69, 9.17) is 0 Å². The minimum atomic E-state index is 0. The Balaban J connectivity index is 0.00000120. The molecule has 92 valence electrons. The number of pyridine rings is 1. The third-order valence-electron chi connectivity index (χ3n) is 2.92. The molecule has 0 spiro atoms. The van der Waals surface area contributed by atoms with Gasteiger partial charge in [-0.2, -0.15) is 4.57 Å². The number of fused-ring (bicyclic) bond motifs is 3. The average molecular weight is 368 g/mol. The number of benzene rings is 1. The van der Waals surface area contributed by atoms with Crippen LogP contribution in [0, 0.1) is 0 Å². The van der Waals surface area contributed by atoms with Gasteiger partial charge in [-0.05, 0) is 28.1 Å². The molecule has 1 aromatic carbocycles. The molecule has 0 saturated heterocycles. The number of aromatic nitrogens is 2. The number of hydrogen-bond donors (Lipinski definition) is 1. The van der Waals surface area contributed by atoms with Crippen LogP contribution in [-0.2, 0) is 6.54 Å². The SMILES string of the molecule is C=CC[n+]1ccc2c(c1)[nH]c1c(Br)cccc12.[Br-]. The Morgan fingerprint density at radius 1 is 1.28 bits per heavy atom. The Labute approximate surface area is 124 Å². The molecule has 2 nitrogen and oxygen atoms in total. The maximum absolute atomic E-state index is 3.75. The Kier molecular flexibility index (Phi) is 3.88. The Morgan fingerprint density at radius 3 is 2.89 bits per heavy atom. The molecule has 18 heavy (non-hydrogen) atoms. The summed E-state index contributed by atoms with van der Waals surface area (Å²) in [6.07, 6.45) is 6.09. The van der Waals surface area contributed by atoms with Crippen LogP contribution in [0.25, 0.3) is 21.8 Å². The van der Waals surface area contributed by atoms with E-state index < -0.39 is 0 Å². The van der Waals surface area contributed by atoms with Crippen LogP contribution >= 0.6 is 15.9 Å². The molecular weight excluding hydrogens is 356 g/mol. The van der Waals surface area contributed by atoms with Crippen LogP contribution < -0.4 is 21.5 Å². The molecule has 2 aromatic heterocycles. The summed E-state index contributed by atoms with van der Waals surface area (Å²) in [6, 6.07) is 8.39. The minimum Gasteiger partial charge on any atom is -1.00 e. The van der Waals surface area contributed by atoms with Gasteiger partial charge in [0.05, 0.1) is 5.52 Å². The van der Waals surface area contributed by atoms with Crippen molar-refractivity contribution in [3.63, 3.8) is 0 Å². The molecule has 4 heteroatoms. The highest BCUT2D eigenvalue weighted by Crippen LogP contribution is 2.29. The standard InChI is InChI=1S/C14H11BrN2.BrH/c1-2-7-17-8-6-10-11-4-3-5-12(15)14(11)16-13(10)9-17;/h2-6,8-9H,1,7H2;1H. The van der Waals surface area contributed by atoms with Gasteiger partial charge in [-0.3, -0.25) is 0 Å². The zero-order chi connectivity index (χ0) is 11.8. The highest BCUT2D eigenvalue weighted by molar-refractivity contribution is 9.10. The molecule has 3 rings (SSSR count). The first-order valence-corrected chi connectivity index (χ1v) is 6.29. The third-order valence-corrected chi connectivity index (χ3v) is 3.58. The summed E-state index contributed by atoms with van der Waals surface area (Å²) in [4.78, 5) is 3.44. The zero-order valence-electron chi connectivity index (χ0n) is 9.66. The summed E-state index contributed by atoms with van der Waals surface area (Å²) in [6.45, 7) is 4.58. The van der Waals surface area contributed by atoms with Crippen molar-refractivity contribution < 1.29 is 21.5 Å². The molecular formula is C14H12Br2N2. The van der Waals surface area contributed by atoms with Crippen LogP contribution in [0.3, 0.4) is 0 Å². The monoisotopic (exact) mass is 366 g/mol. The number of H-pyrrole nitrogens is 1. The fourth-order valence-electron chi connectivity index (χ4n) is 2.15. The van der Waals surface area contributed by atoms with Gasteiger partial charge in [0.2, 0.25) is 0 Å². The van der Waals surface area contributed by atoms with Crippen LogP contribution in [0.4, 0.5) is 0 Å². The Morgan fingerprint density at radius 2 is 2.11 bits per heavy atom. The average Bonchev–Trinajstić information content (AvgIpc) is 2.69. The summed E-state index contributed by atoms with van der Waals surface area (Å²) in [5.41, 5.74) is 2.30. The topological polar surface area (TPSA) is 19.7 Å². The van der Waals surface area contributed by atoms with Gasteiger partial charge in [0.15, 0.2) is 18.9 Å². The first-order valence-electron chi connectivity index (χ1n) is 5.49. The van der Waals surface area contributed by atoms with Crippen LogP contribution in [0.2, 0.25) is 0 Å². The number of para-hydroxylation sites is 1. The summed E-state index contributed by atoms with van der Waals surface area (Å²) < 4.78 is 3.21. The molecule has 0 atom stereocenters. The summed E-state index contributed by atoms with van der Waals surface area (Å²) in [5, 5.41) is 2.50. The van der Waals surface area contributed by atoms with E-state index in [-0.39, 0.29) is 17.0 Å². The smallest absolute Gasteiger partial charge is 0.193 e. The molecule has 0 unspecified atom stereocenters. The van der Waals surface area contributed by atoms with Crippen LogP contribution in [0.1, 0.15) is 0 Å². The van der Waals surface area contributed by atoms with E-state index in [9.17, 15) is 0 Å². The molecule has 1 N–H and O–H groups in total. The van der Waals surface area contributed by atoms with E-state index in [2.05, 4.69) is 68.7 Å².